The normalized spacial score (nSPS) is 12.9. The van der Waals surface area contributed by atoms with Crippen LogP contribution < -0.4 is 5.32 Å². The summed E-state index contributed by atoms with van der Waals surface area (Å²) in [6.07, 6.45) is 6.87. The molecule has 0 aliphatic carbocycles. The topological polar surface area (TPSA) is 112 Å². The number of benzene rings is 3. The van der Waals surface area contributed by atoms with Gasteiger partial charge in [-0.25, -0.2) is 0 Å². The van der Waals surface area contributed by atoms with Gasteiger partial charge in [-0.1, -0.05) is 91.0 Å². The summed E-state index contributed by atoms with van der Waals surface area (Å²) in [5.74, 6) is -2.02. The monoisotopic (exact) mass is 635 g/mol. The Morgan fingerprint density at radius 2 is 1.49 bits per heavy atom. The van der Waals surface area contributed by atoms with Gasteiger partial charge in [0.2, 0.25) is 11.8 Å². The molecule has 1 heterocycles. The lowest BCUT2D eigenvalue weighted by Gasteiger charge is -2.26. The first-order valence-corrected chi connectivity index (χ1v) is 16.1. The number of hydrogen-bond donors (Lipinski definition) is 3. The average molecular weight is 636 g/mol. The van der Waals surface area contributed by atoms with E-state index in [0.717, 1.165) is 27.6 Å². The summed E-state index contributed by atoms with van der Waals surface area (Å²) in [6, 6.07) is 26.6. The zero-order valence-electron chi connectivity index (χ0n) is 26.9. The third-order valence-electron chi connectivity index (χ3n) is 8.21. The molecule has 0 spiro atoms. The molecule has 3 atom stereocenters. The number of ether oxygens (including phenoxy) is 1. The minimum absolute atomic E-state index is 0.0358. The molecule has 0 unspecified atom stereocenters. The quantitative estimate of drug-likeness (QED) is 0.0894. The number of rotatable bonds is 19. The summed E-state index contributed by atoms with van der Waals surface area (Å²) in [6.45, 7) is 7.90. The van der Waals surface area contributed by atoms with E-state index in [1.807, 2.05) is 91.1 Å². The van der Waals surface area contributed by atoms with E-state index in [0.29, 0.717) is 25.8 Å². The molecule has 0 bridgehead atoms. The van der Waals surface area contributed by atoms with E-state index in [1.165, 1.54) is 0 Å². The third kappa shape index (κ3) is 10.5. The number of carbonyl (C=O) groups is 3. The first kappa shape index (κ1) is 34.9. The molecule has 0 aliphatic rings. The molecule has 4 aromatic rings. The first-order valence-electron chi connectivity index (χ1n) is 16.1. The zero-order chi connectivity index (χ0) is 33.4. The van der Waals surface area contributed by atoms with Gasteiger partial charge < -0.3 is 25.0 Å². The molecule has 8 nitrogen and oxygen atoms in total. The Morgan fingerprint density at radius 1 is 0.851 bits per heavy atom. The minimum atomic E-state index is -0.690. The summed E-state index contributed by atoms with van der Waals surface area (Å²) in [7, 11) is 0. The molecule has 8 heteroatoms. The number of fused-ring (bicyclic) bond motifs is 1. The molecule has 0 aliphatic heterocycles. The molecule has 4 rings (SSSR count). The molecule has 0 saturated heterocycles. The fourth-order valence-corrected chi connectivity index (χ4v) is 5.74. The second kappa shape index (κ2) is 18.3. The molecule has 3 N–H and O–H groups in total. The summed E-state index contributed by atoms with van der Waals surface area (Å²) < 4.78 is 5.88. The van der Waals surface area contributed by atoms with E-state index in [2.05, 4.69) is 23.5 Å². The number of aromatic amines is 1. The molecule has 47 heavy (non-hydrogen) atoms. The SMILES string of the molecule is C=CC[C@H](CC(=O)N(CCO)Cc1ccccc1)C(=O)N[C@H](COC(=O)[C@H](CC=C)Cc1ccccc1)Cc1c[nH]c2ccccc12. The number of aliphatic hydroxyl groups excluding tert-OH is 1. The van der Waals surface area contributed by atoms with Crippen LogP contribution in [0.1, 0.15) is 36.0 Å². The number of aromatic nitrogens is 1. The second-order valence-corrected chi connectivity index (χ2v) is 11.8. The number of H-pyrrole nitrogens is 1. The van der Waals surface area contributed by atoms with Gasteiger partial charge in [-0.3, -0.25) is 14.4 Å². The highest BCUT2D eigenvalue weighted by molar-refractivity contribution is 5.86. The lowest BCUT2D eigenvalue weighted by molar-refractivity contribution is -0.149. The van der Waals surface area contributed by atoms with Crippen LogP contribution in [-0.2, 0) is 38.5 Å². The molecule has 0 fully saturated rings. The van der Waals surface area contributed by atoms with Gasteiger partial charge >= 0.3 is 5.97 Å². The molecule has 0 radical (unpaired) electrons. The van der Waals surface area contributed by atoms with Crippen molar-refractivity contribution in [1.82, 2.24) is 15.2 Å². The van der Waals surface area contributed by atoms with Crippen molar-refractivity contribution in [1.29, 1.82) is 0 Å². The van der Waals surface area contributed by atoms with Crippen LogP contribution in [-0.4, -0.2) is 58.6 Å². The van der Waals surface area contributed by atoms with Gasteiger partial charge in [-0.2, -0.15) is 0 Å². The van der Waals surface area contributed by atoms with E-state index < -0.39 is 17.9 Å². The number of allylic oxidation sites excluding steroid dienone is 2. The average Bonchev–Trinajstić information content (AvgIpc) is 3.49. The van der Waals surface area contributed by atoms with Crippen molar-refractivity contribution in [3.63, 3.8) is 0 Å². The predicted octanol–water partition coefficient (Wildman–Crippen LogP) is 5.78. The lowest BCUT2D eigenvalue weighted by Crippen LogP contribution is -2.45. The smallest absolute Gasteiger partial charge is 0.309 e. The number of hydrogen-bond acceptors (Lipinski definition) is 5. The fourth-order valence-electron chi connectivity index (χ4n) is 5.74. The third-order valence-corrected chi connectivity index (χ3v) is 8.21. The number of nitrogens with one attached hydrogen (secondary N) is 2. The fraction of sp³-hybridized carbons (Fsp3) is 0.308. The highest BCUT2D eigenvalue weighted by atomic mass is 16.5. The van der Waals surface area contributed by atoms with Crippen LogP contribution in [0, 0.1) is 11.8 Å². The Labute approximate surface area is 277 Å². The molecule has 2 amide bonds. The Balaban J connectivity index is 1.49. The van der Waals surface area contributed by atoms with Crippen LogP contribution in [0.15, 0.2) is 116 Å². The van der Waals surface area contributed by atoms with Crippen LogP contribution in [0.25, 0.3) is 10.9 Å². The largest absolute Gasteiger partial charge is 0.463 e. The van der Waals surface area contributed by atoms with Crippen LogP contribution in [0.4, 0.5) is 0 Å². The Kier molecular flexibility index (Phi) is 13.6. The van der Waals surface area contributed by atoms with E-state index in [4.69, 9.17) is 4.74 Å². The van der Waals surface area contributed by atoms with Gasteiger partial charge in [0, 0.05) is 36.6 Å². The summed E-state index contributed by atoms with van der Waals surface area (Å²) in [5, 5.41) is 13.8. The van der Waals surface area contributed by atoms with Gasteiger partial charge in [0.1, 0.15) is 6.61 Å². The number of amides is 2. The van der Waals surface area contributed by atoms with Crippen molar-refractivity contribution in [2.45, 2.75) is 44.7 Å². The maximum Gasteiger partial charge on any atom is 0.309 e. The molecular formula is C39H45N3O5. The second-order valence-electron chi connectivity index (χ2n) is 11.8. The molecule has 3 aromatic carbocycles. The zero-order valence-corrected chi connectivity index (χ0v) is 26.9. The minimum Gasteiger partial charge on any atom is -0.463 e. The van der Waals surface area contributed by atoms with Gasteiger partial charge in [0.25, 0.3) is 0 Å². The van der Waals surface area contributed by atoms with Crippen LogP contribution in [0.2, 0.25) is 0 Å². The molecule has 0 saturated carbocycles. The first-order chi connectivity index (χ1) is 22.9. The van der Waals surface area contributed by atoms with Crippen molar-refractivity contribution in [2.24, 2.45) is 11.8 Å². The van der Waals surface area contributed by atoms with Crippen molar-refractivity contribution in [3.05, 3.63) is 133 Å². The molecule has 1 aromatic heterocycles. The van der Waals surface area contributed by atoms with Crippen LogP contribution >= 0.6 is 0 Å². The summed E-state index contributed by atoms with van der Waals surface area (Å²) in [5.41, 5.74) is 3.90. The van der Waals surface area contributed by atoms with E-state index >= 15 is 0 Å². The van der Waals surface area contributed by atoms with Crippen LogP contribution in [0.5, 0.6) is 0 Å². The highest BCUT2D eigenvalue weighted by Gasteiger charge is 2.28. The highest BCUT2D eigenvalue weighted by Crippen LogP contribution is 2.21. The summed E-state index contributed by atoms with van der Waals surface area (Å²) in [4.78, 5) is 45.4. The van der Waals surface area contributed by atoms with Crippen molar-refractivity contribution < 1.29 is 24.2 Å². The van der Waals surface area contributed by atoms with Crippen molar-refractivity contribution in [2.75, 3.05) is 19.8 Å². The molecular weight excluding hydrogens is 590 g/mol. The standard InChI is InChI=1S/C39H45N3O5/c1-3-13-31(25-37(44)42(21-22-43)27-30-17-9-6-10-18-30)38(45)41-34(24-33-26-40-36-20-12-11-19-35(33)36)28-47-39(46)32(14-4-2)23-29-15-7-5-8-16-29/h3-12,15-20,26,31-32,34,40,43H,1-2,13-14,21-25,27-28H2,(H,41,45)/t31-,32-,34+/m1/s1. The predicted molar refractivity (Wildman–Crippen MR) is 185 cm³/mol. The molecule has 246 valence electrons. The van der Waals surface area contributed by atoms with E-state index in [-0.39, 0.29) is 50.4 Å². The maximum atomic E-state index is 13.8. The Bertz CT molecular complexity index is 1600. The van der Waals surface area contributed by atoms with Crippen molar-refractivity contribution >= 4 is 28.7 Å². The van der Waals surface area contributed by atoms with E-state index in [9.17, 15) is 19.5 Å². The van der Waals surface area contributed by atoms with Gasteiger partial charge in [-0.05, 0) is 48.4 Å². The maximum absolute atomic E-state index is 13.8. The van der Waals surface area contributed by atoms with Gasteiger partial charge in [0.15, 0.2) is 0 Å². The number of nitrogens with zero attached hydrogens (tertiary/aromatic N) is 1. The lowest BCUT2D eigenvalue weighted by atomic mass is 9.96. The Morgan fingerprint density at radius 3 is 2.17 bits per heavy atom. The van der Waals surface area contributed by atoms with Crippen molar-refractivity contribution in [3.8, 4) is 0 Å². The van der Waals surface area contributed by atoms with Crippen LogP contribution in [0.3, 0.4) is 0 Å². The summed E-state index contributed by atoms with van der Waals surface area (Å²) >= 11 is 0. The number of aliphatic hydroxyl groups is 1. The number of esters is 1. The van der Waals surface area contributed by atoms with Gasteiger partial charge in [0.05, 0.1) is 24.5 Å². The van der Waals surface area contributed by atoms with Gasteiger partial charge in [-0.15, -0.1) is 13.2 Å². The number of para-hydroxylation sites is 1. The number of carbonyl (C=O) groups excluding carboxylic acids is 3. The Hall–Kier alpha value is -4.95. The van der Waals surface area contributed by atoms with E-state index in [1.54, 1.807) is 17.1 Å².